The van der Waals surface area contributed by atoms with Gasteiger partial charge in [-0.3, -0.25) is 10.1 Å². The maximum absolute atomic E-state index is 11.9. The van der Waals surface area contributed by atoms with Crippen molar-refractivity contribution in [2.75, 3.05) is 5.32 Å². The minimum atomic E-state index is -0.712. The first-order valence-corrected chi connectivity index (χ1v) is 6.32. The summed E-state index contributed by atoms with van der Waals surface area (Å²) in [6, 6.07) is 3.67. The minimum absolute atomic E-state index is 0.0474. The van der Waals surface area contributed by atoms with Crippen LogP contribution < -0.4 is 5.32 Å². The number of amides is 1. The van der Waals surface area contributed by atoms with E-state index in [0.29, 0.717) is 10.8 Å². The molecular formula is C12H12N2O4S. The smallest absolute Gasteiger partial charge is 0.261 e. The van der Waals surface area contributed by atoms with Crippen molar-refractivity contribution in [1.82, 2.24) is 4.98 Å². The Morgan fingerprint density at radius 3 is 2.79 bits per heavy atom. The Balaban J connectivity index is 2.18. The van der Waals surface area contributed by atoms with Gasteiger partial charge in [0.15, 0.2) is 5.13 Å². The number of aromatic hydroxyl groups is 2. The Morgan fingerprint density at radius 1 is 1.42 bits per heavy atom. The van der Waals surface area contributed by atoms with Gasteiger partial charge in [-0.2, -0.15) is 0 Å². The maximum atomic E-state index is 11.9. The van der Waals surface area contributed by atoms with Crippen LogP contribution in [0.15, 0.2) is 23.6 Å². The maximum Gasteiger partial charge on any atom is 0.261 e. The molecule has 1 atom stereocenters. The van der Waals surface area contributed by atoms with Gasteiger partial charge in [0.05, 0.1) is 17.4 Å². The number of nitrogens with one attached hydrogen (secondary N) is 1. The van der Waals surface area contributed by atoms with Crippen LogP contribution in [0.4, 0.5) is 5.13 Å². The molecule has 4 N–H and O–H groups in total. The second-order valence-electron chi connectivity index (χ2n) is 3.91. The quantitative estimate of drug-likeness (QED) is 0.643. The summed E-state index contributed by atoms with van der Waals surface area (Å²) in [4.78, 5) is 15.9. The fraction of sp³-hybridized carbons (Fsp3) is 0.167. The van der Waals surface area contributed by atoms with Crippen LogP contribution in [0.2, 0.25) is 0 Å². The van der Waals surface area contributed by atoms with Crippen LogP contribution in [0.1, 0.15) is 29.1 Å². The Kier molecular flexibility index (Phi) is 3.68. The molecule has 0 fully saturated rings. The lowest BCUT2D eigenvalue weighted by Gasteiger charge is -2.04. The van der Waals surface area contributed by atoms with E-state index in [9.17, 15) is 20.1 Å². The van der Waals surface area contributed by atoms with Crippen LogP contribution in [0.5, 0.6) is 11.5 Å². The van der Waals surface area contributed by atoms with Crippen molar-refractivity contribution < 1.29 is 20.1 Å². The number of nitrogens with zero attached hydrogens (tertiary/aromatic N) is 1. The van der Waals surface area contributed by atoms with E-state index in [2.05, 4.69) is 10.3 Å². The van der Waals surface area contributed by atoms with Crippen LogP contribution in [0.25, 0.3) is 0 Å². The summed E-state index contributed by atoms with van der Waals surface area (Å²) in [5.74, 6) is -0.936. The number of carbonyl (C=O) groups is 1. The van der Waals surface area contributed by atoms with Gasteiger partial charge in [0.2, 0.25) is 0 Å². The van der Waals surface area contributed by atoms with Crippen LogP contribution in [0.3, 0.4) is 0 Å². The van der Waals surface area contributed by atoms with Gasteiger partial charge in [0.25, 0.3) is 5.91 Å². The van der Waals surface area contributed by atoms with Crippen LogP contribution in [-0.2, 0) is 0 Å². The third kappa shape index (κ3) is 3.01. The Hall–Kier alpha value is -2.12. The molecule has 19 heavy (non-hydrogen) atoms. The number of phenolic OH excluding ortho intramolecular Hbond substituents is 2. The highest BCUT2D eigenvalue weighted by Gasteiger charge is 2.14. The summed E-state index contributed by atoms with van der Waals surface area (Å²) in [7, 11) is 0. The van der Waals surface area contributed by atoms with Crippen LogP contribution in [-0.4, -0.2) is 26.2 Å². The standard InChI is InChI=1S/C12H12N2O4S/c1-6(15)9-5-19-12(13-9)14-11(18)8-4-7(16)2-3-10(8)17/h2-6,15-17H,1H3,(H,13,14,18). The number of anilines is 1. The van der Waals surface area contributed by atoms with E-state index in [1.165, 1.54) is 12.1 Å². The first-order valence-electron chi connectivity index (χ1n) is 5.44. The molecule has 0 aliphatic carbocycles. The molecule has 2 aromatic rings. The summed E-state index contributed by atoms with van der Waals surface area (Å²) in [5.41, 5.74) is 0.411. The number of aliphatic hydroxyl groups is 1. The molecule has 1 amide bonds. The molecule has 0 aliphatic rings. The molecule has 1 aromatic carbocycles. The van der Waals surface area contributed by atoms with Gasteiger partial charge in [-0.1, -0.05) is 0 Å². The highest BCUT2D eigenvalue weighted by Crippen LogP contribution is 2.25. The summed E-state index contributed by atoms with van der Waals surface area (Å²) in [6.07, 6.45) is -0.712. The SMILES string of the molecule is CC(O)c1csc(NC(=O)c2cc(O)ccc2O)n1. The lowest BCUT2D eigenvalue weighted by Crippen LogP contribution is -2.12. The molecule has 0 radical (unpaired) electrons. The van der Waals surface area contributed by atoms with Crippen LogP contribution in [0, 0.1) is 0 Å². The zero-order chi connectivity index (χ0) is 14.0. The van der Waals surface area contributed by atoms with E-state index in [1.54, 1.807) is 12.3 Å². The molecule has 0 saturated heterocycles. The second kappa shape index (κ2) is 5.25. The number of hydrogen-bond donors (Lipinski definition) is 4. The number of benzene rings is 1. The Morgan fingerprint density at radius 2 is 2.16 bits per heavy atom. The van der Waals surface area contributed by atoms with E-state index >= 15 is 0 Å². The predicted octanol–water partition coefficient (Wildman–Crippen LogP) is 1.86. The molecule has 0 aliphatic heterocycles. The van der Waals surface area contributed by atoms with Crippen molar-refractivity contribution in [1.29, 1.82) is 0 Å². The Bertz CT molecular complexity index is 610. The number of carbonyl (C=O) groups excluding carboxylic acids is 1. The molecule has 100 valence electrons. The molecule has 0 saturated carbocycles. The average molecular weight is 280 g/mol. The normalized spacial score (nSPS) is 12.1. The van der Waals surface area contributed by atoms with Gasteiger partial charge in [-0.25, -0.2) is 4.98 Å². The highest BCUT2D eigenvalue weighted by atomic mass is 32.1. The van der Waals surface area contributed by atoms with Crippen molar-refractivity contribution in [2.24, 2.45) is 0 Å². The van der Waals surface area contributed by atoms with Crippen molar-refractivity contribution >= 4 is 22.4 Å². The molecule has 1 unspecified atom stereocenters. The molecule has 7 heteroatoms. The third-order valence-corrected chi connectivity index (χ3v) is 3.17. The average Bonchev–Trinajstić information content (AvgIpc) is 2.80. The number of aliphatic hydroxyl groups excluding tert-OH is 1. The number of aromatic nitrogens is 1. The lowest BCUT2D eigenvalue weighted by molar-refractivity contribution is 0.102. The van der Waals surface area contributed by atoms with Crippen molar-refractivity contribution in [3.63, 3.8) is 0 Å². The van der Waals surface area contributed by atoms with Gasteiger partial charge >= 0.3 is 0 Å². The largest absolute Gasteiger partial charge is 0.508 e. The number of rotatable bonds is 3. The third-order valence-electron chi connectivity index (χ3n) is 2.40. The minimum Gasteiger partial charge on any atom is -0.508 e. The van der Waals surface area contributed by atoms with Gasteiger partial charge in [0.1, 0.15) is 11.5 Å². The molecule has 1 aromatic heterocycles. The topological polar surface area (TPSA) is 103 Å². The molecule has 6 nitrogen and oxygen atoms in total. The second-order valence-corrected chi connectivity index (χ2v) is 4.77. The summed E-state index contributed by atoms with van der Waals surface area (Å²) in [6.45, 7) is 1.57. The molecule has 0 spiro atoms. The highest BCUT2D eigenvalue weighted by molar-refractivity contribution is 7.14. The molecule has 2 rings (SSSR count). The van der Waals surface area contributed by atoms with E-state index in [4.69, 9.17) is 0 Å². The predicted molar refractivity (Wildman–Crippen MR) is 70.5 cm³/mol. The van der Waals surface area contributed by atoms with Gasteiger partial charge in [0, 0.05) is 5.38 Å². The Labute approximate surface area is 113 Å². The number of thiazole rings is 1. The fourth-order valence-corrected chi connectivity index (χ4v) is 2.20. The van der Waals surface area contributed by atoms with E-state index < -0.39 is 12.0 Å². The van der Waals surface area contributed by atoms with E-state index in [1.807, 2.05) is 0 Å². The number of hydrogen-bond acceptors (Lipinski definition) is 6. The number of phenols is 2. The van der Waals surface area contributed by atoms with E-state index in [0.717, 1.165) is 17.4 Å². The zero-order valence-electron chi connectivity index (χ0n) is 9.99. The van der Waals surface area contributed by atoms with Crippen LogP contribution >= 0.6 is 11.3 Å². The van der Waals surface area contributed by atoms with Gasteiger partial charge < -0.3 is 15.3 Å². The summed E-state index contributed by atoms with van der Waals surface area (Å²) in [5, 5.41) is 32.6. The summed E-state index contributed by atoms with van der Waals surface area (Å²) >= 11 is 1.16. The molecule has 1 heterocycles. The van der Waals surface area contributed by atoms with Crippen molar-refractivity contribution in [2.45, 2.75) is 13.0 Å². The molecular weight excluding hydrogens is 268 g/mol. The lowest BCUT2D eigenvalue weighted by atomic mass is 10.2. The first kappa shape index (κ1) is 13.3. The fourth-order valence-electron chi connectivity index (χ4n) is 1.41. The van der Waals surface area contributed by atoms with Gasteiger partial charge in [-0.15, -0.1) is 11.3 Å². The van der Waals surface area contributed by atoms with Crippen molar-refractivity contribution in [3.05, 3.63) is 34.8 Å². The van der Waals surface area contributed by atoms with E-state index in [-0.39, 0.29) is 17.1 Å². The molecule has 0 bridgehead atoms. The first-order chi connectivity index (χ1) is 8.97. The summed E-state index contributed by atoms with van der Waals surface area (Å²) < 4.78 is 0. The van der Waals surface area contributed by atoms with Gasteiger partial charge in [-0.05, 0) is 25.1 Å². The monoisotopic (exact) mass is 280 g/mol. The zero-order valence-corrected chi connectivity index (χ0v) is 10.8. The van der Waals surface area contributed by atoms with Crippen molar-refractivity contribution in [3.8, 4) is 11.5 Å².